The Bertz CT molecular complexity index is 320. The molecule has 0 saturated heterocycles. The highest BCUT2D eigenvalue weighted by Gasteiger charge is 2.23. The number of halogens is 1. The summed E-state index contributed by atoms with van der Waals surface area (Å²) >= 11 is 5.65. The number of nitrogens with zero attached hydrogens (tertiary/aromatic N) is 3. The second-order valence-corrected chi connectivity index (χ2v) is 3.43. The second-order valence-electron chi connectivity index (χ2n) is 3.09. The smallest absolute Gasteiger partial charge is 0.227 e. The van der Waals surface area contributed by atoms with Gasteiger partial charge in [-0.1, -0.05) is 0 Å². The molecule has 1 heterocycles. The minimum Gasteiger partial charge on any atom is -0.349 e. The van der Waals surface area contributed by atoms with E-state index < -0.39 is 5.79 Å². The lowest BCUT2D eigenvalue weighted by molar-refractivity contribution is 0.263. The molecular formula is C8H16ClN7. The summed E-state index contributed by atoms with van der Waals surface area (Å²) in [5, 5.41) is 12.5. The van der Waals surface area contributed by atoms with Crippen LogP contribution in [0, 0.1) is 0 Å². The van der Waals surface area contributed by atoms with E-state index in [-0.39, 0.29) is 5.28 Å². The van der Waals surface area contributed by atoms with E-state index in [4.69, 9.17) is 11.6 Å². The number of hydrogen-bond donors (Lipinski definition) is 4. The molecule has 8 heteroatoms. The van der Waals surface area contributed by atoms with Gasteiger partial charge >= 0.3 is 0 Å². The molecule has 0 aromatic carbocycles. The number of aromatic nitrogens is 3. The molecule has 0 atom stereocenters. The Labute approximate surface area is 99.4 Å². The first-order valence-electron chi connectivity index (χ1n) is 4.81. The Morgan fingerprint density at radius 3 is 2.31 bits per heavy atom. The van der Waals surface area contributed by atoms with Crippen molar-refractivity contribution in [1.82, 2.24) is 30.9 Å². The van der Waals surface area contributed by atoms with Gasteiger partial charge in [0.2, 0.25) is 11.2 Å². The van der Waals surface area contributed by atoms with Crippen LogP contribution in [0.25, 0.3) is 0 Å². The molecule has 1 aromatic rings. The van der Waals surface area contributed by atoms with E-state index in [2.05, 4.69) is 36.2 Å². The van der Waals surface area contributed by atoms with Crippen LogP contribution in [-0.2, 0) is 0 Å². The fourth-order valence-corrected chi connectivity index (χ4v) is 1.34. The lowest BCUT2D eigenvalue weighted by Gasteiger charge is -2.32. The van der Waals surface area contributed by atoms with Crippen molar-refractivity contribution in [3.63, 3.8) is 0 Å². The van der Waals surface area contributed by atoms with Crippen LogP contribution < -0.4 is 21.3 Å². The molecule has 0 aliphatic heterocycles. The first-order chi connectivity index (χ1) is 7.65. The fourth-order valence-electron chi connectivity index (χ4n) is 1.21. The normalized spacial score (nSPS) is 11.5. The Balaban J connectivity index is 2.62. The van der Waals surface area contributed by atoms with Gasteiger partial charge < -0.3 is 5.32 Å². The van der Waals surface area contributed by atoms with Crippen molar-refractivity contribution in [3.8, 4) is 0 Å². The molecule has 0 spiro atoms. The fraction of sp³-hybridized carbons (Fsp3) is 0.625. The van der Waals surface area contributed by atoms with Gasteiger partial charge in [0, 0.05) is 0 Å². The number of hydrogen-bond acceptors (Lipinski definition) is 7. The molecule has 0 aliphatic carbocycles. The highest BCUT2D eigenvalue weighted by atomic mass is 35.5. The SMILES string of the molecule is CNC(CNc1ncnc(Cl)n1)(NC)NC. The zero-order valence-corrected chi connectivity index (χ0v) is 10.3. The number of nitrogens with one attached hydrogen (secondary N) is 4. The van der Waals surface area contributed by atoms with Crippen molar-refractivity contribution in [2.75, 3.05) is 33.0 Å². The maximum absolute atomic E-state index is 5.65. The highest BCUT2D eigenvalue weighted by molar-refractivity contribution is 6.28. The Kier molecular flexibility index (Phi) is 4.81. The summed E-state index contributed by atoms with van der Waals surface area (Å²) in [5.74, 6) is 0.00386. The Morgan fingerprint density at radius 1 is 1.19 bits per heavy atom. The van der Waals surface area contributed by atoms with E-state index in [1.54, 1.807) is 0 Å². The summed E-state index contributed by atoms with van der Waals surface area (Å²) in [5.41, 5.74) is 0. The molecule has 1 rings (SSSR count). The van der Waals surface area contributed by atoms with Gasteiger partial charge in [0.25, 0.3) is 0 Å². The monoisotopic (exact) mass is 245 g/mol. The van der Waals surface area contributed by atoms with Gasteiger partial charge in [-0.15, -0.1) is 0 Å². The predicted molar refractivity (Wildman–Crippen MR) is 63.2 cm³/mol. The number of anilines is 1. The van der Waals surface area contributed by atoms with Crippen molar-refractivity contribution >= 4 is 17.5 Å². The lowest BCUT2D eigenvalue weighted by atomic mass is 10.3. The zero-order valence-electron chi connectivity index (χ0n) is 9.50. The predicted octanol–water partition coefficient (Wildman–Crippen LogP) is -0.751. The molecule has 1 aromatic heterocycles. The zero-order chi connectivity index (χ0) is 12.0. The van der Waals surface area contributed by atoms with Crippen LogP contribution in [0.1, 0.15) is 0 Å². The average molecular weight is 246 g/mol. The summed E-state index contributed by atoms with van der Waals surface area (Å²) in [6.45, 7) is 0.539. The third-order valence-electron chi connectivity index (χ3n) is 2.33. The third kappa shape index (κ3) is 3.24. The van der Waals surface area contributed by atoms with Gasteiger partial charge in [-0.2, -0.15) is 4.98 Å². The second kappa shape index (κ2) is 5.90. The molecule has 0 aliphatic rings. The van der Waals surface area contributed by atoms with Crippen LogP contribution in [0.5, 0.6) is 0 Å². The van der Waals surface area contributed by atoms with Crippen LogP contribution in [0.15, 0.2) is 6.33 Å². The Morgan fingerprint density at radius 2 is 1.81 bits per heavy atom. The number of rotatable bonds is 6. The molecule has 0 saturated carbocycles. The molecule has 0 unspecified atom stereocenters. The molecule has 7 nitrogen and oxygen atoms in total. The summed E-state index contributed by atoms with van der Waals surface area (Å²) < 4.78 is 0. The van der Waals surface area contributed by atoms with Crippen LogP contribution in [0.3, 0.4) is 0 Å². The highest BCUT2D eigenvalue weighted by Crippen LogP contribution is 2.03. The molecule has 0 amide bonds. The van der Waals surface area contributed by atoms with Crippen LogP contribution >= 0.6 is 11.6 Å². The van der Waals surface area contributed by atoms with Crippen molar-refractivity contribution in [3.05, 3.63) is 11.6 Å². The van der Waals surface area contributed by atoms with Gasteiger partial charge in [0.1, 0.15) is 12.1 Å². The molecule has 90 valence electrons. The van der Waals surface area contributed by atoms with Crippen LogP contribution in [0.4, 0.5) is 5.95 Å². The van der Waals surface area contributed by atoms with Crippen molar-refractivity contribution < 1.29 is 0 Å². The maximum Gasteiger partial charge on any atom is 0.227 e. The summed E-state index contributed by atoms with van der Waals surface area (Å²) in [7, 11) is 5.53. The third-order valence-corrected chi connectivity index (χ3v) is 2.52. The first kappa shape index (κ1) is 13.0. The quantitative estimate of drug-likeness (QED) is 0.491. The Hall–Kier alpha value is -1.02. The van der Waals surface area contributed by atoms with Gasteiger partial charge in [-0.3, -0.25) is 16.0 Å². The van der Waals surface area contributed by atoms with Crippen molar-refractivity contribution in [2.24, 2.45) is 0 Å². The van der Waals surface area contributed by atoms with Gasteiger partial charge in [0.05, 0.1) is 6.54 Å². The van der Waals surface area contributed by atoms with Gasteiger partial charge in [-0.25, -0.2) is 9.97 Å². The molecule has 4 N–H and O–H groups in total. The van der Waals surface area contributed by atoms with Gasteiger partial charge in [-0.05, 0) is 32.7 Å². The molecule has 16 heavy (non-hydrogen) atoms. The molecule has 0 radical (unpaired) electrons. The maximum atomic E-state index is 5.65. The van der Waals surface area contributed by atoms with Gasteiger partial charge in [0.15, 0.2) is 0 Å². The largest absolute Gasteiger partial charge is 0.349 e. The summed E-state index contributed by atoms with van der Waals surface area (Å²) in [4.78, 5) is 11.6. The minimum absolute atomic E-state index is 0.168. The van der Waals surface area contributed by atoms with Crippen LogP contribution in [-0.4, -0.2) is 48.4 Å². The van der Waals surface area contributed by atoms with Crippen molar-refractivity contribution in [2.45, 2.75) is 5.79 Å². The van der Waals surface area contributed by atoms with E-state index in [0.717, 1.165) is 0 Å². The topological polar surface area (TPSA) is 86.8 Å². The molecule has 0 bridgehead atoms. The van der Waals surface area contributed by atoms with Crippen LogP contribution in [0.2, 0.25) is 5.28 Å². The van der Waals surface area contributed by atoms with E-state index in [1.807, 2.05) is 21.1 Å². The summed E-state index contributed by atoms with van der Waals surface area (Å²) in [6, 6.07) is 0. The lowest BCUT2D eigenvalue weighted by Crippen LogP contribution is -2.67. The van der Waals surface area contributed by atoms with E-state index in [0.29, 0.717) is 12.5 Å². The van der Waals surface area contributed by atoms with E-state index >= 15 is 0 Å². The van der Waals surface area contributed by atoms with E-state index in [9.17, 15) is 0 Å². The molecular weight excluding hydrogens is 230 g/mol. The molecule has 0 fully saturated rings. The van der Waals surface area contributed by atoms with E-state index in [1.165, 1.54) is 6.33 Å². The first-order valence-corrected chi connectivity index (χ1v) is 5.18. The minimum atomic E-state index is -0.431. The van der Waals surface area contributed by atoms with Crippen molar-refractivity contribution in [1.29, 1.82) is 0 Å². The summed E-state index contributed by atoms with van der Waals surface area (Å²) in [6.07, 6.45) is 1.36. The average Bonchev–Trinajstić information content (AvgIpc) is 2.32. The standard InChI is InChI=1S/C8H16ClN7/c1-10-8(11-2,12-3)4-13-7-15-5-14-6(9)16-7/h5,10-12H,4H2,1-3H3,(H,13,14,15,16). The number of likely N-dealkylation sites (N-methyl/N-ethyl adjacent to an activating group) is 3.